The molecule has 0 aliphatic carbocycles. The molecule has 2 unspecified atom stereocenters. The van der Waals surface area contributed by atoms with Crippen molar-refractivity contribution in [2.75, 3.05) is 19.6 Å². The highest BCUT2D eigenvalue weighted by Gasteiger charge is 2.27. The number of nitrogens with zero attached hydrogens (tertiary/aromatic N) is 1. The van der Waals surface area contributed by atoms with Crippen molar-refractivity contribution in [3.63, 3.8) is 0 Å². The van der Waals surface area contributed by atoms with Gasteiger partial charge in [0.05, 0.1) is 13.0 Å². The molecule has 1 aliphatic heterocycles. The van der Waals surface area contributed by atoms with Crippen molar-refractivity contribution in [1.82, 2.24) is 15.5 Å². The van der Waals surface area contributed by atoms with Gasteiger partial charge in [-0.3, -0.25) is 9.59 Å². The van der Waals surface area contributed by atoms with E-state index in [1.54, 1.807) is 0 Å². The molecule has 0 bridgehead atoms. The van der Waals surface area contributed by atoms with E-state index >= 15 is 0 Å². The van der Waals surface area contributed by atoms with Crippen molar-refractivity contribution < 1.29 is 9.59 Å². The van der Waals surface area contributed by atoms with Crippen molar-refractivity contribution in [3.05, 3.63) is 35.9 Å². The molecule has 2 rings (SSSR count). The monoisotopic (exact) mass is 289 g/mol. The van der Waals surface area contributed by atoms with E-state index in [0.29, 0.717) is 13.0 Å². The van der Waals surface area contributed by atoms with Gasteiger partial charge in [-0.25, -0.2) is 0 Å². The number of carbonyl (C=O) groups excluding carboxylic acids is 2. The second kappa shape index (κ2) is 7.22. The molecule has 1 heterocycles. The number of rotatable bonds is 4. The Morgan fingerprint density at radius 1 is 1.29 bits per heavy atom. The minimum absolute atomic E-state index is 0.0164. The first-order valence-corrected chi connectivity index (χ1v) is 7.41. The molecule has 2 amide bonds. The average molecular weight is 289 g/mol. The SMILES string of the molecule is CC1NCCN(C(=O)CNC(=O)Cc2ccccc2)C1C. The number of carbonyl (C=O) groups is 2. The Hall–Kier alpha value is -1.88. The van der Waals surface area contributed by atoms with Gasteiger partial charge in [0.2, 0.25) is 11.8 Å². The van der Waals surface area contributed by atoms with Gasteiger partial charge in [-0.15, -0.1) is 0 Å². The highest BCUT2D eigenvalue weighted by molar-refractivity contribution is 5.86. The Kier molecular flexibility index (Phi) is 5.33. The van der Waals surface area contributed by atoms with Crippen LogP contribution in [0.2, 0.25) is 0 Å². The van der Waals surface area contributed by atoms with E-state index in [9.17, 15) is 9.59 Å². The number of piperazine rings is 1. The fourth-order valence-corrected chi connectivity index (χ4v) is 2.53. The molecule has 21 heavy (non-hydrogen) atoms. The van der Waals surface area contributed by atoms with Crippen molar-refractivity contribution in [1.29, 1.82) is 0 Å². The van der Waals surface area contributed by atoms with Crippen molar-refractivity contribution in [3.8, 4) is 0 Å². The first-order valence-electron chi connectivity index (χ1n) is 7.41. The van der Waals surface area contributed by atoms with E-state index in [1.807, 2.05) is 42.2 Å². The Morgan fingerprint density at radius 3 is 2.71 bits per heavy atom. The summed E-state index contributed by atoms with van der Waals surface area (Å²) in [5.74, 6) is -0.136. The van der Waals surface area contributed by atoms with Crippen LogP contribution < -0.4 is 10.6 Å². The molecule has 1 aromatic rings. The van der Waals surface area contributed by atoms with Crippen molar-refractivity contribution in [2.24, 2.45) is 0 Å². The second-order valence-corrected chi connectivity index (χ2v) is 5.51. The predicted octanol–water partition coefficient (Wildman–Crippen LogP) is 0.554. The topological polar surface area (TPSA) is 61.4 Å². The van der Waals surface area contributed by atoms with Crippen LogP contribution in [0.4, 0.5) is 0 Å². The third kappa shape index (κ3) is 4.29. The molecule has 2 atom stereocenters. The minimum Gasteiger partial charge on any atom is -0.347 e. The summed E-state index contributed by atoms with van der Waals surface area (Å²) in [4.78, 5) is 25.9. The van der Waals surface area contributed by atoms with Crippen LogP contribution in [-0.2, 0) is 16.0 Å². The number of hydrogen-bond donors (Lipinski definition) is 2. The number of hydrogen-bond acceptors (Lipinski definition) is 3. The lowest BCUT2D eigenvalue weighted by molar-refractivity contribution is -0.135. The number of benzene rings is 1. The molecule has 1 aliphatic rings. The number of amides is 2. The standard InChI is InChI=1S/C16H23N3O2/c1-12-13(2)19(9-8-17-12)16(21)11-18-15(20)10-14-6-4-3-5-7-14/h3-7,12-13,17H,8-11H2,1-2H3,(H,18,20). The minimum atomic E-state index is -0.120. The first kappa shape index (κ1) is 15.5. The zero-order chi connectivity index (χ0) is 15.2. The quantitative estimate of drug-likeness (QED) is 0.851. The van der Waals surface area contributed by atoms with Gasteiger partial charge in [0.25, 0.3) is 0 Å². The van der Waals surface area contributed by atoms with E-state index in [2.05, 4.69) is 17.6 Å². The molecule has 0 saturated carbocycles. The Balaban J connectivity index is 1.79. The maximum Gasteiger partial charge on any atom is 0.242 e. The van der Waals surface area contributed by atoms with Gasteiger partial charge in [0, 0.05) is 25.2 Å². The van der Waals surface area contributed by atoms with E-state index < -0.39 is 0 Å². The molecule has 1 fully saturated rings. The Morgan fingerprint density at radius 2 is 2.00 bits per heavy atom. The molecular formula is C16H23N3O2. The van der Waals surface area contributed by atoms with Crippen LogP contribution in [-0.4, -0.2) is 48.4 Å². The van der Waals surface area contributed by atoms with E-state index in [4.69, 9.17) is 0 Å². The lowest BCUT2D eigenvalue weighted by Gasteiger charge is -2.38. The molecule has 1 saturated heterocycles. The molecule has 5 heteroatoms. The van der Waals surface area contributed by atoms with Crippen molar-refractivity contribution in [2.45, 2.75) is 32.4 Å². The summed E-state index contributed by atoms with van der Waals surface area (Å²) >= 11 is 0. The van der Waals surface area contributed by atoms with Gasteiger partial charge in [0.15, 0.2) is 0 Å². The van der Waals surface area contributed by atoms with Crippen LogP contribution >= 0.6 is 0 Å². The summed E-state index contributed by atoms with van der Waals surface area (Å²) < 4.78 is 0. The molecule has 114 valence electrons. The lowest BCUT2D eigenvalue weighted by atomic mass is 10.1. The maximum absolute atomic E-state index is 12.2. The van der Waals surface area contributed by atoms with Crippen LogP contribution in [0.3, 0.4) is 0 Å². The fourth-order valence-electron chi connectivity index (χ4n) is 2.53. The van der Waals surface area contributed by atoms with Gasteiger partial charge in [0.1, 0.15) is 0 Å². The Labute approximate surface area is 125 Å². The average Bonchev–Trinajstić information content (AvgIpc) is 2.48. The molecule has 5 nitrogen and oxygen atoms in total. The van der Waals surface area contributed by atoms with Crippen LogP contribution in [0.1, 0.15) is 19.4 Å². The molecule has 0 aromatic heterocycles. The maximum atomic E-state index is 12.2. The van der Waals surface area contributed by atoms with Crippen LogP contribution in [0.25, 0.3) is 0 Å². The summed E-state index contributed by atoms with van der Waals surface area (Å²) in [5, 5.41) is 6.05. The van der Waals surface area contributed by atoms with Gasteiger partial charge in [-0.2, -0.15) is 0 Å². The highest BCUT2D eigenvalue weighted by Crippen LogP contribution is 2.08. The highest BCUT2D eigenvalue weighted by atomic mass is 16.2. The van der Waals surface area contributed by atoms with Gasteiger partial charge in [-0.1, -0.05) is 30.3 Å². The largest absolute Gasteiger partial charge is 0.347 e. The summed E-state index contributed by atoms with van der Waals surface area (Å²) in [6.45, 7) is 5.66. The third-order valence-electron chi connectivity index (χ3n) is 4.00. The van der Waals surface area contributed by atoms with E-state index in [-0.39, 0.29) is 30.4 Å². The Bertz CT molecular complexity index is 490. The van der Waals surface area contributed by atoms with E-state index in [0.717, 1.165) is 12.1 Å². The summed E-state index contributed by atoms with van der Waals surface area (Å²) in [6.07, 6.45) is 0.307. The van der Waals surface area contributed by atoms with Gasteiger partial charge in [-0.05, 0) is 19.4 Å². The number of nitrogens with one attached hydrogen (secondary N) is 2. The molecule has 0 radical (unpaired) electrons. The summed E-state index contributed by atoms with van der Waals surface area (Å²) in [7, 11) is 0. The van der Waals surface area contributed by atoms with Crippen molar-refractivity contribution >= 4 is 11.8 Å². The predicted molar refractivity (Wildman–Crippen MR) is 81.8 cm³/mol. The van der Waals surface area contributed by atoms with Crippen LogP contribution in [0.15, 0.2) is 30.3 Å². The second-order valence-electron chi connectivity index (χ2n) is 5.51. The first-order chi connectivity index (χ1) is 10.1. The normalized spacial score (nSPS) is 21.9. The molecule has 2 N–H and O–H groups in total. The van der Waals surface area contributed by atoms with Gasteiger partial charge >= 0.3 is 0 Å². The summed E-state index contributed by atoms with van der Waals surface area (Å²) in [6, 6.07) is 9.95. The lowest BCUT2D eigenvalue weighted by Crippen LogP contribution is -2.58. The van der Waals surface area contributed by atoms with Crippen LogP contribution in [0.5, 0.6) is 0 Å². The molecular weight excluding hydrogens is 266 g/mol. The third-order valence-corrected chi connectivity index (χ3v) is 4.00. The van der Waals surface area contributed by atoms with Gasteiger partial charge < -0.3 is 15.5 Å². The zero-order valence-electron chi connectivity index (χ0n) is 12.6. The molecule has 0 spiro atoms. The van der Waals surface area contributed by atoms with E-state index in [1.165, 1.54) is 0 Å². The van der Waals surface area contributed by atoms with Crippen LogP contribution in [0, 0.1) is 0 Å². The molecule has 1 aromatic carbocycles. The smallest absolute Gasteiger partial charge is 0.242 e. The zero-order valence-corrected chi connectivity index (χ0v) is 12.6. The summed E-state index contributed by atoms with van der Waals surface area (Å²) in [5.41, 5.74) is 0.951. The fraction of sp³-hybridized carbons (Fsp3) is 0.500.